The second-order valence-corrected chi connectivity index (χ2v) is 4.98. The molecule has 0 aromatic heterocycles. The van der Waals surface area contributed by atoms with Gasteiger partial charge in [-0.25, -0.2) is 0 Å². The lowest BCUT2D eigenvalue weighted by molar-refractivity contribution is 0.801. The Morgan fingerprint density at radius 1 is 0.850 bits per heavy atom. The third-order valence-electron chi connectivity index (χ3n) is 3.26. The number of benzene rings is 2. The van der Waals surface area contributed by atoms with Gasteiger partial charge in [0.05, 0.1) is 0 Å². The summed E-state index contributed by atoms with van der Waals surface area (Å²) in [5.74, 6) is 0. The van der Waals surface area contributed by atoms with Crippen molar-refractivity contribution in [2.24, 2.45) is 0 Å². The van der Waals surface area contributed by atoms with Crippen LogP contribution in [-0.4, -0.2) is 0 Å². The lowest BCUT2D eigenvalue weighted by Gasteiger charge is -2.02. The predicted molar refractivity (Wildman–Crippen MR) is 89.4 cm³/mol. The predicted octanol–water partition coefficient (Wildman–Crippen LogP) is 5.97. The van der Waals surface area contributed by atoms with Crippen LogP contribution in [0.3, 0.4) is 0 Å². The molecule has 0 saturated carbocycles. The standard InChI is InChI=1S/C20H22/c1-2-3-10-20(17-19-13-8-5-9-14-19)16-15-18-11-6-4-7-12-18/h4-9,11-17H,2-3,10H2,1H3/b16-15+,20-17+. The topological polar surface area (TPSA) is 0 Å². The molecule has 0 atom stereocenters. The van der Waals surface area contributed by atoms with Crippen molar-refractivity contribution in [3.8, 4) is 0 Å². The van der Waals surface area contributed by atoms with Crippen molar-refractivity contribution in [3.05, 3.63) is 83.4 Å². The van der Waals surface area contributed by atoms with E-state index in [1.807, 2.05) is 0 Å². The summed E-state index contributed by atoms with van der Waals surface area (Å²) in [6.45, 7) is 2.24. The molecule has 2 aromatic rings. The Labute approximate surface area is 122 Å². The van der Waals surface area contributed by atoms with Crippen LogP contribution in [0.2, 0.25) is 0 Å². The Kier molecular flexibility index (Phi) is 5.85. The summed E-state index contributed by atoms with van der Waals surface area (Å²) in [4.78, 5) is 0. The summed E-state index contributed by atoms with van der Waals surface area (Å²) < 4.78 is 0. The van der Waals surface area contributed by atoms with Crippen molar-refractivity contribution in [2.45, 2.75) is 26.2 Å². The number of unbranched alkanes of at least 4 members (excludes halogenated alkanes) is 1. The average molecular weight is 262 g/mol. The zero-order chi connectivity index (χ0) is 14.0. The minimum Gasteiger partial charge on any atom is -0.0654 e. The Balaban J connectivity index is 2.15. The molecule has 0 aliphatic carbocycles. The molecule has 0 unspecified atom stereocenters. The van der Waals surface area contributed by atoms with Gasteiger partial charge in [-0.3, -0.25) is 0 Å². The highest BCUT2D eigenvalue weighted by atomic mass is 14.0. The van der Waals surface area contributed by atoms with Crippen LogP contribution in [0.4, 0.5) is 0 Å². The van der Waals surface area contributed by atoms with E-state index in [9.17, 15) is 0 Å². The first kappa shape index (κ1) is 14.3. The van der Waals surface area contributed by atoms with E-state index >= 15 is 0 Å². The highest BCUT2D eigenvalue weighted by molar-refractivity contribution is 5.61. The summed E-state index contributed by atoms with van der Waals surface area (Å²) >= 11 is 0. The number of hydrogen-bond donors (Lipinski definition) is 0. The second-order valence-electron chi connectivity index (χ2n) is 4.98. The van der Waals surface area contributed by atoms with E-state index in [1.54, 1.807) is 0 Å². The molecule has 0 spiro atoms. The molecule has 0 fully saturated rings. The molecule has 0 bridgehead atoms. The fraction of sp³-hybridized carbons (Fsp3) is 0.200. The molecule has 20 heavy (non-hydrogen) atoms. The van der Waals surface area contributed by atoms with Crippen molar-refractivity contribution in [3.63, 3.8) is 0 Å². The van der Waals surface area contributed by atoms with Crippen LogP contribution in [0.5, 0.6) is 0 Å². The van der Waals surface area contributed by atoms with Gasteiger partial charge in [-0.15, -0.1) is 0 Å². The molecule has 0 amide bonds. The van der Waals surface area contributed by atoms with Gasteiger partial charge >= 0.3 is 0 Å². The minimum atomic E-state index is 1.13. The van der Waals surface area contributed by atoms with Crippen LogP contribution >= 0.6 is 0 Å². The Morgan fingerprint density at radius 2 is 1.45 bits per heavy atom. The number of rotatable bonds is 6. The first-order valence-corrected chi connectivity index (χ1v) is 7.37. The molecule has 0 heterocycles. The fourth-order valence-electron chi connectivity index (χ4n) is 2.12. The SMILES string of the molecule is CCCCC(/C=C/c1ccccc1)=C\c1ccccc1. The summed E-state index contributed by atoms with van der Waals surface area (Å²) in [6, 6.07) is 21.0. The van der Waals surface area contributed by atoms with Gasteiger partial charge in [-0.05, 0) is 29.5 Å². The molecule has 102 valence electrons. The zero-order valence-electron chi connectivity index (χ0n) is 12.1. The zero-order valence-corrected chi connectivity index (χ0v) is 12.1. The molecule has 0 aliphatic heterocycles. The van der Waals surface area contributed by atoms with E-state index in [0.717, 1.165) is 6.42 Å². The van der Waals surface area contributed by atoms with E-state index in [2.05, 4.69) is 85.8 Å². The summed E-state index contributed by atoms with van der Waals surface area (Å²) in [5.41, 5.74) is 3.92. The maximum Gasteiger partial charge on any atom is -0.0254 e. The lowest BCUT2D eigenvalue weighted by atomic mass is 10.0. The molecule has 2 aromatic carbocycles. The molecule has 2 rings (SSSR count). The van der Waals surface area contributed by atoms with Gasteiger partial charge in [0, 0.05) is 0 Å². The van der Waals surface area contributed by atoms with Crippen molar-refractivity contribution >= 4 is 12.2 Å². The van der Waals surface area contributed by atoms with Gasteiger partial charge in [0.2, 0.25) is 0 Å². The molecular formula is C20H22. The van der Waals surface area contributed by atoms with E-state index in [1.165, 1.54) is 29.5 Å². The Hall–Kier alpha value is -2.08. The van der Waals surface area contributed by atoms with E-state index in [4.69, 9.17) is 0 Å². The molecule has 0 saturated heterocycles. The maximum absolute atomic E-state index is 2.29. The van der Waals surface area contributed by atoms with Crippen molar-refractivity contribution < 1.29 is 0 Å². The molecule has 0 radical (unpaired) electrons. The van der Waals surface area contributed by atoms with E-state index < -0.39 is 0 Å². The normalized spacial score (nSPS) is 11.9. The lowest BCUT2D eigenvalue weighted by Crippen LogP contribution is -1.81. The maximum atomic E-state index is 2.29. The molecule has 0 N–H and O–H groups in total. The third kappa shape index (κ3) is 4.89. The number of allylic oxidation sites excluding steroid dienone is 2. The monoisotopic (exact) mass is 262 g/mol. The highest BCUT2D eigenvalue weighted by Crippen LogP contribution is 2.16. The van der Waals surface area contributed by atoms with Gasteiger partial charge < -0.3 is 0 Å². The largest absolute Gasteiger partial charge is 0.0654 e. The van der Waals surface area contributed by atoms with Crippen molar-refractivity contribution in [1.82, 2.24) is 0 Å². The van der Waals surface area contributed by atoms with Gasteiger partial charge in [0.1, 0.15) is 0 Å². The first-order chi connectivity index (χ1) is 9.88. The van der Waals surface area contributed by atoms with Gasteiger partial charge in [0.25, 0.3) is 0 Å². The second kappa shape index (κ2) is 8.16. The summed E-state index contributed by atoms with van der Waals surface area (Å²) in [7, 11) is 0. The van der Waals surface area contributed by atoms with Crippen LogP contribution in [0.1, 0.15) is 37.3 Å². The number of hydrogen-bond acceptors (Lipinski definition) is 0. The van der Waals surface area contributed by atoms with E-state index in [-0.39, 0.29) is 0 Å². The highest BCUT2D eigenvalue weighted by Gasteiger charge is 1.94. The molecule has 0 heteroatoms. The van der Waals surface area contributed by atoms with E-state index in [0.29, 0.717) is 0 Å². The Bertz CT molecular complexity index is 547. The van der Waals surface area contributed by atoms with Crippen LogP contribution in [-0.2, 0) is 0 Å². The summed E-state index contributed by atoms with van der Waals surface area (Å²) in [5, 5.41) is 0. The first-order valence-electron chi connectivity index (χ1n) is 7.37. The smallest absolute Gasteiger partial charge is 0.0254 e. The van der Waals surface area contributed by atoms with Crippen molar-refractivity contribution in [2.75, 3.05) is 0 Å². The van der Waals surface area contributed by atoms with Gasteiger partial charge in [0.15, 0.2) is 0 Å². The van der Waals surface area contributed by atoms with Gasteiger partial charge in [-0.1, -0.05) is 92.2 Å². The molecule has 0 aliphatic rings. The molecular weight excluding hydrogens is 240 g/mol. The molecule has 0 nitrogen and oxygen atoms in total. The van der Waals surface area contributed by atoms with Crippen LogP contribution in [0.15, 0.2) is 72.3 Å². The van der Waals surface area contributed by atoms with Crippen LogP contribution < -0.4 is 0 Å². The summed E-state index contributed by atoms with van der Waals surface area (Å²) in [6.07, 6.45) is 10.3. The van der Waals surface area contributed by atoms with Gasteiger partial charge in [-0.2, -0.15) is 0 Å². The third-order valence-corrected chi connectivity index (χ3v) is 3.26. The van der Waals surface area contributed by atoms with Crippen LogP contribution in [0, 0.1) is 0 Å². The Morgan fingerprint density at radius 3 is 2.05 bits per heavy atom. The fourth-order valence-corrected chi connectivity index (χ4v) is 2.12. The minimum absolute atomic E-state index is 1.13. The average Bonchev–Trinajstić information content (AvgIpc) is 2.52. The van der Waals surface area contributed by atoms with Crippen LogP contribution in [0.25, 0.3) is 12.2 Å². The quantitative estimate of drug-likeness (QED) is 0.562. The van der Waals surface area contributed by atoms with Crippen molar-refractivity contribution in [1.29, 1.82) is 0 Å².